The number of carbonyl (C=O) groups is 1. The van der Waals surface area contributed by atoms with Crippen LogP contribution in [-0.4, -0.2) is 46.3 Å². The van der Waals surface area contributed by atoms with Gasteiger partial charge in [-0.25, -0.2) is 0 Å². The number of unbranched alkanes of at least 4 members (excludes halogenated alkanes) is 2. The van der Waals surface area contributed by atoms with Gasteiger partial charge in [-0.15, -0.1) is 0 Å². The molecule has 1 saturated heterocycles. The first-order chi connectivity index (χ1) is 11.0. The maximum absolute atomic E-state index is 11.9. The van der Waals surface area contributed by atoms with Gasteiger partial charge in [0.2, 0.25) is 5.91 Å². The normalized spacial score (nSPS) is 22.3. The minimum absolute atomic E-state index is 0.0571. The van der Waals surface area contributed by atoms with Gasteiger partial charge in [0.15, 0.2) is 0 Å². The van der Waals surface area contributed by atoms with Crippen LogP contribution in [0.15, 0.2) is 4.52 Å². The molecular weight excluding hydrogens is 294 g/mol. The van der Waals surface area contributed by atoms with Crippen molar-refractivity contribution in [3.05, 3.63) is 17.0 Å². The van der Waals surface area contributed by atoms with E-state index < -0.39 is 6.10 Å². The molecule has 0 aromatic carbocycles. The van der Waals surface area contributed by atoms with E-state index in [0.717, 1.165) is 55.8 Å². The minimum Gasteiger partial charge on any atom is -0.390 e. The number of β-amino-alcohol motifs (C(OH)–C–C–N with tert-alkyl or cyclic N) is 1. The van der Waals surface area contributed by atoms with Gasteiger partial charge in [0.25, 0.3) is 0 Å². The van der Waals surface area contributed by atoms with E-state index in [9.17, 15) is 9.90 Å². The molecule has 1 aromatic heterocycles. The van der Waals surface area contributed by atoms with Gasteiger partial charge in [-0.1, -0.05) is 24.9 Å². The van der Waals surface area contributed by atoms with E-state index in [1.54, 1.807) is 0 Å². The molecule has 0 aliphatic carbocycles. The number of nitrogens with one attached hydrogen (secondary N) is 1. The van der Waals surface area contributed by atoms with Gasteiger partial charge in [-0.3, -0.25) is 9.69 Å². The van der Waals surface area contributed by atoms with Gasteiger partial charge in [0.05, 0.1) is 17.8 Å². The van der Waals surface area contributed by atoms with Crippen LogP contribution in [0.1, 0.15) is 56.0 Å². The number of nitrogens with zero attached hydrogens (tertiary/aromatic N) is 2. The molecule has 0 bridgehead atoms. The molecule has 0 saturated carbocycles. The second-order valence-electron chi connectivity index (χ2n) is 6.52. The number of hydrogen-bond donors (Lipinski definition) is 2. The molecule has 6 heteroatoms. The molecule has 0 radical (unpaired) electrons. The second kappa shape index (κ2) is 8.45. The standard InChI is InChI=1S/C17H29N3O3/c1-4-5-6-7-17(22)18-15-8-9-20(11-16(15)21)10-14-12(2)19-23-13(14)3/h15-16,21H,4-11H2,1-3H3,(H,18,22)/t15-,16-/m0/s1. The van der Waals surface area contributed by atoms with Gasteiger partial charge < -0.3 is 14.9 Å². The van der Waals surface area contributed by atoms with Crippen molar-refractivity contribution >= 4 is 5.91 Å². The first-order valence-corrected chi connectivity index (χ1v) is 8.62. The van der Waals surface area contributed by atoms with E-state index in [1.807, 2.05) is 13.8 Å². The highest BCUT2D eigenvalue weighted by molar-refractivity contribution is 5.76. The zero-order valence-corrected chi connectivity index (χ0v) is 14.5. The summed E-state index contributed by atoms with van der Waals surface area (Å²) >= 11 is 0. The molecule has 2 rings (SSSR count). The lowest BCUT2D eigenvalue weighted by Crippen LogP contribution is -2.53. The van der Waals surface area contributed by atoms with Crippen LogP contribution < -0.4 is 5.32 Å². The maximum atomic E-state index is 11.9. The zero-order valence-electron chi connectivity index (χ0n) is 14.5. The van der Waals surface area contributed by atoms with Gasteiger partial charge in [0, 0.05) is 31.6 Å². The summed E-state index contributed by atoms with van der Waals surface area (Å²) in [5, 5.41) is 17.3. The van der Waals surface area contributed by atoms with E-state index in [1.165, 1.54) is 0 Å². The minimum atomic E-state index is -0.528. The van der Waals surface area contributed by atoms with Crippen molar-refractivity contribution in [2.24, 2.45) is 0 Å². The Morgan fingerprint density at radius 1 is 1.43 bits per heavy atom. The fraction of sp³-hybridized carbons (Fsp3) is 0.765. The Morgan fingerprint density at radius 3 is 2.83 bits per heavy atom. The second-order valence-corrected chi connectivity index (χ2v) is 6.52. The van der Waals surface area contributed by atoms with Crippen LogP contribution in [0.4, 0.5) is 0 Å². The Morgan fingerprint density at radius 2 is 2.22 bits per heavy atom. The summed E-state index contributed by atoms with van der Waals surface area (Å²) in [5.41, 5.74) is 2.00. The van der Waals surface area contributed by atoms with Gasteiger partial charge in [-0.05, 0) is 26.7 Å². The van der Waals surface area contributed by atoms with Crippen molar-refractivity contribution in [2.45, 2.75) is 71.6 Å². The number of aliphatic hydroxyl groups excluding tert-OH is 1. The molecule has 2 atom stereocenters. The van der Waals surface area contributed by atoms with Crippen molar-refractivity contribution in [1.82, 2.24) is 15.4 Å². The summed E-state index contributed by atoms with van der Waals surface area (Å²) in [5.74, 6) is 0.894. The zero-order chi connectivity index (χ0) is 16.8. The van der Waals surface area contributed by atoms with Crippen LogP contribution >= 0.6 is 0 Å². The fourth-order valence-electron chi connectivity index (χ4n) is 3.07. The third-order valence-electron chi connectivity index (χ3n) is 4.58. The summed E-state index contributed by atoms with van der Waals surface area (Å²) in [4.78, 5) is 14.1. The Labute approximate surface area is 138 Å². The van der Waals surface area contributed by atoms with Crippen molar-refractivity contribution in [3.8, 4) is 0 Å². The van der Waals surface area contributed by atoms with Crippen molar-refractivity contribution in [2.75, 3.05) is 13.1 Å². The molecule has 1 aliphatic heterocycles. The third kappa shape index (κ3) is 5.04. The molecule has 1 fully saturated rings. The number of aromatic nitrogens is 1. The quantitative estimate of drug-likeness (QED) is 0.750. The largest absolute Gasteiger partial charge is 0.390 e. The van der Waals surface area contributed by atoms with E-state index in [2.05, 4.69) is 22.3 Å². The average Bonchev–Trinajstić information content (AvgIpc) is 2.82. The highest BCUT2D eigenvalue weighted by atomic mass is 16.5. The monoisotopic (exact) mass is 323 g/mol. The number of amides is 1. The Balaban J connectivity index is 1.79. The average molecular weight is 323 g/mol. The molecule has 1 aliphatic rings. The predicted molar refractivity (Wildman–Crippen MR) is 88.0 cm³/mol. The Hall–Kier alpha value is -1.40. The van der Waals surface area contributed by atoms with E-state index in [-0.39, 0.29) is 11.9 Å². The number of likely N-dealkylation sites (tertiary alicyclic amines) is 1. The number of rotatable bonds is 7. The highest BCUT2D eigenvalue weighted by Gasteiger charge is 2.29. The third-order valence-corrected chi connectivity index (χ3v) is 4.58. The van der Waals surface area contributed by atoms with E-state index >= 15 is 0 Å². The van der Waals surface area contributed by atoms with Crippen LogP contribution in [-0.2, 0) is 11.3 Å². The first-order valence-electron chi connectivity index (χ1n) is 8.62. The van der Waals surface area contributed by atoms with Gasteiger partial charge >= 0.3 is 0 Å². The number of aliphatic hydroxyl groups is 1. The summed E-state index contributed by atoms with van der Waals surface area (Å²) in [6, 6.07) is -0.134. The molecule has 2 heterocycles. The highest BCUT2D eigenvalue weighted by Crippen LogP contribution is 2.19. The number of carbonyl (C=O) groups excluding carboxylic acids is 1. The lowest BCUT2D eigenvalue weighted by Gasteiger charge is -2.36. The van der Waals surface area contributed by atoms with Crippen LogP contribution in [0, 0.1) is 13.8 Å². The number of aryl methyl sites for hydroxylation is 2. The number of hydrogen-bond acceptors (Lipinski definition) is 5. The molecule has 2 N–H and O–H groups in total. The van der Waals surface area contributed by atoms with Crippen molar-refractivity contribution < 1.29 is 14.4 Å². The van der Waals surface area contributed by atoms with Gasteiger partial charge in [0.1, 0.15) is 5.76 Å². The summed E-state index contributed by atoms with van der Waals surface area (Å²) < 4.78 is 5.19. The SMILES string of the molecule is CCCCCC(=O)N[C@H]1CCN(Cc2c(C)noc2C)C[C@@H]1O. The molecular formula is C17H29N3O3. The molecule has 6 nitrogen and oxygen atoms in total. The van der Waals surface area contributed by atoms with Crippen LogP contribution in [0.5, 0.6) is 0 Å². The Bertz CT molecular complexity index is 496. The van der Waals surface area contributed by atoms with E-state index in [0.29, 0.717) is 13.0 Å². The lowest BCUT2D eigenvalue weighted by molar-refractivity contribution is -0.123. The topological polar surface area (TPSA) is 78.6 Å². The summed E-state index contributed by atoms with van der Waals surface area (Å²) in [6.45, 7) is 8.11. The molecule has 23 heavy (non-hydrogen) atoms. The number of piperidine rings is 1. The van der Waals surface area contributed by atoms with Crippen molar-refractivity contribution in [3.63, 3.8) is 0 Å². The summed E-state index contributed by atoms with van der Waals surface area (Å²) in [7, 11) is 0. The van der Waals surface area contributed by atoms with Crippen LogP contribution in [0.25, 0.3) is 0 Å². The first kappa shape index (κ1) is 17.9. The van der Waals surface area contributed by atoms with Crippen molar-refractivity contribution in [1.29, 1.82) is 0 Å². The fourth-order valence-corrected chi connectivity index (χ4v) is 3.07. The summed E-state index contributed by atoms with van der Waals surface area (Å²) in [6.07, 6.45) is 3.90. The molecule has 1 aromatic rings. The van der Waals surface area contributed by atoms with Gasteiger partial charge in [-0.2, -0.15) is 0 Å². The van der Waals surface area contributed by atoms with Crippen LogP contribution in [0.3, 0.4) is 0 Å². The molecule has 130 valence electrons. The Kier molecular flexibility index (Phi) is 6.59. The lowest BCUT2D eigenvalue weighted by atomic mass is 10.0. The molecule has 0 unspecified atom stereocenters. The molecule has 0 spiro atoms. The molecule has 1 amide bonds. The van der Waals surface area contributed by atoms with Crippen LogP contribution in [0.2, 0.25) is 0 Å². The smallest absolute Gasteiger partial charge is 0.220 e. The van der Waals surface area contributed by atoms with E-state index in [4.69, 9.17) is 4.52 Å². The maximum Gasteiger partial charge on any atom is 0.220 e. The predicted octanol–water partition coefficient (Wildman–Crippen LogP) is 1.92.